The summed E-state index contributed by atoms with van der Waals surface area (Å²) in [5.74, 6) is 2.22. The topological polar surface area (TPSA) is 77.1 Å². The SMILES string of the molecule is Cc1cc(C(=O)N2Cc3nnc(Cc4ccccc4)n3[C@@H](C)C2)no1. The number of nitrogens with zero attached hydrogens (tertiary/aromatic N) is 5. The molecule has 128 valence electrons. The maximum Gasteiger partial charge on any atom is 0.276 e. The average Bonchev–Trinajstić information content (AvgIpc) is 3.22. The van der Waals surface area contributed by atoms with Crippen molar-refractivity contribution in [2.24, 2.45) is 0 Å². The Morgan fingerprint density at radius 3 is 2.80 bits per heavy atom. The number of benzene rings is 1. The van der Waals surface area contributed by atoms with E-state index < -0.39 is 0 Å². The van der Waals surface area contributed by atoms with Gasteiger partial charge in [0.05, 0.1) is 12.6 Å². The van der Waals surface area contributed by atoms with Gasteiger partial charge in [0.15, 0.2) is 11.5 Å². The highest BCUT2D eigenvalue weighted by molar-refractivity contribution is 5.92. The number of hydrogen-bond acceptors (Lipinski definition) is 5. The van der Waals surface area contributed by atoms with E-state index >= 15 is 0 Å². The second kappa shape index (κ2) is 6.16. The smallest absolute Gasteiger partial charge is 0.276 e. The van der Waals surface area contributed by atoms with Crippen molar-refractivity contribution in [3.8, 4) is 0 Å². The van der Waals surface area contributed by atoms with Crippen molar-refractivity contribution in [1.29, 1.82) is 0 Å². The molecule has 4 rings (SSSR count). The van der Waals surface area contributed by atoms with E-state index in [1.165, 1.54) is 5.56 Å². The van der Waals surface area contributed by atoms with Crippen molar-refractivity contribution < 1.29 is 9.32 Å². The monoisotopic (exact) mass is 337 g/mol. The van der Waals surface area contributed by atoms with E-state index in [-0.39, 0.29) is 11.9 Å². The molecule has 3 aromatic rings. The van der Waals surface area contributed by atoms with Crippen LogP contribution in [0.25, 0.3) is 0 Å². The zero-order chi connectivity index (χ0) is 17.4. The highest BCUT2D eigenvalue weighted by Crippen LogP contribution is 2.24. The summed E-state index contributed by atoms with van der Waals surface area (Å²) in [5.41, 5.74) is 1.53. The maximum atomic E-state index is 12.6. The summed E-state index contributed by atoms with van der Waals surface area (Å²) in [6.07, 6.45) is 0.731. The molecule has 0 saturated heterocycles. The molecule has 0 N–H and O–H groups in total. The van der Waals surface area contributed by atoms with Crippen LogP contribution in [-0.4, -0.2) is 37.3 Å². The van der Waals surface area contributed by atoms with E-state index in [0.717, 1.165) is 18.1 Å². The summed E-state index contributed by atoms with van der Waals surface area (Å²) in [5, 5.41) is 12.5. The molecule has 3 heterocycles. The van der Waals surface area contributed by atoms with Crippen LogP contribution in [0.1, 0.15) is 46.4 Å². The van der Waals surface area contributed by atoms with Gasteiger partial charge in [-0.25, -0.2) is 0 Å². The molecule has 1 aliphatic rings. The Labute approximate surface area is 145 Å². The first-order valence-electron chi connectivity index (χ1n) is 8.31. The van der Waals surface area contributed by atoms with Crippen LogP contribution in [0.4, 0.5) is 0 Å². The third-order valence-corrected chi connectivity index (χ3v) is 4.43. The second-order valence-corrected chi connectivity index (χ2v) is 6.42. The summed E-state index contributed by atoms with van der Waals surface area (Å²) >= 11 is 0. The number of rotatable bonds is 3. The number of carbonyl (C=O) groups is 1. The highest BCUT2D eigenvalue weighted by atomic mass is 16.5. The van der Waals surface area contributed by atoms with Crippen molar-refractivity contribution in [1.82, 2.24) is 24.8 Å². The molecule has 25 heavy (non-hydrogen) atoms. The molecule has 7 heteroatoms. The number of aryl methyl sites for hydroxylation is 1. The first-order chi connectivity index (χ1) is 12.1. The number of hydrogen-bond donors (Lipinski definition) is 0. The standard InChI is InChI=1S/C18H19N5O2/c1-12-10-22(18(24)15-8-13(2)25-21-15)11-17-20-19-16(23(12)17)9-14-6-4-3-5-7-14/h3-8,12H,9-11H2,1-2H3/t12-/m0/s1. The Kier molecular flexibility index (Phi) is 3.83. The molecule has 0 bridgehead atoms. The lowest BCUT2D eigenvalue weighted by molar-refractivity contribution is 0.0669. The number of fused-ring (bicyclic) bond motifs is 1. The molecule has 1 aromatic carbocycles. The Balaban J connectivity index is 1.57. The Bertz CT molecular complexity index is 899. The summed E-state index contributed by atoms with van der Waals surface area (Å²) in [4.78, 5) is 14.4. The number of carbonyl (C=O) groups excluding carboxylic acids is 1. The van der Waals surface area contributed by atoms with Gasteiger partial charge in [0.25, 0.3) is 5.91 Å². The van der Waals surface area contributed by atoms with Gasteiger partial charge in [0, 0.05) is 19.0 Å². The molecule has 0 saturated carbocycles. The summed E-state index contributed by atoms with van der Waals surface area (Å²) in [6, 6.07) is 12.0. The molecule has 0 unspecified atom stereocenters. The van der Waals surface area contributed by atoms with Crippen LogP contribution in [0.5, 0.6) is 0 Å². The van der Waals surface area contributed by atoms with E-state index in [2.05, 4.69) is 39.0 Å². The first kappa shape index (κ1) is 15.6. The predicted octanol–water partition coefficient (Wildman–Crippen LogP) is 2.38. The van der Waals surface area contributed by atoms with Gasteiger partial charge >= 0.3 is 0 Å². The normalized spacial score (nSPS) is 16.7. The molecular formula is C18H19N5O2. The minimum absolute atomic E-state index is 0.106. The third kappa shape index (κ3) is 2.93. The quantitative estimate of drug-likeness (QED) is 0.733. The van der Waals surface area contributed by atoms with Gasteiger partial charge in [-0.2, -0.15) is 0 Å². The van der Waals surface area contributed by atoms with E-state index in [4.69, 9.17) is 4.52 Å². The third-order valence-electron chi connectivity index (χ3n) is 4.43. The van der Waals surface area contributed by atoms with Gasteiger partial charge in [0.1, 0.15) is 11.6 Å². The fourth-order valence-electron chi connectivity index (χ4n) is 3.30. The lowest BCUT2D eigenvalue weighted by atomic mass is 10.1. The zero-order valence-electron chi connectivity index (χ0n) is 14.2. The molecule has 0 spiro atoms. The summed E-state index contributed by atoms with van der Waals surface area (Å²) in [7, 11) is 0. The van der Waals surface area contributed by atoms with Gasteiger partial charge < -0.3 is 14.0 Å². The fraction of sp³-hybridized carbons (Fsp3) is 0.333. The molecule has 0 fully saturated rings. The van der Waals surface area contributed by atoms with Crippen LogP contribution >= 0.6 is 0 Å². The molecular weight excluding hydrogens is 318 g/mol. The van der Waals surface area contributed by atoms with Gasteiger partial charge in [-0.05, 0) is 19.4 Å². The van der Waals surface area contributed by atoms with Gasteiger partial charge in [-0.1, -0.05) is 35.5 Å². The predicted molar refractivity (Wildman–Crippen MR) is 90.0 cm³/mol. The second-order valence-electron chi connectivity index (χ2n) is 6.42. The molecule has 7 nitrogen and oxygen atoms in total. The molecule has 1 aliphatic heterocycles. The molecule has 1 amide bonds. The first-order valence-corrected chi connectivity index (χ1v) is 8.31. The minimum atomic E-state index is -0.137. The van der Waals surface area contributed by atoms with Crippen LogP contribution in [0.2, 0.25) is 0 Å². The van der Waals surface area contributed by atoms with E-state index in [0.29, 0.717) is 24.5 Å². The molecule has 1 atom stereocenters. The fourth-order valence-corrected chi connectivity index (χ4v) is 3.30. The van der Waals surface area contributed by atoms with Crippen LogP contribution in [-0.2, 0) is 13.0 Å². The number of aromatic nitrogens is 4. The van der Waals surface area contributed by atoms with Gasteiger partial charge in [0.2, 0.25) is 0 Å². The average molecular weight is 337 g/mol. The van der Waals surface area contributed by atoms with Crippen LogP contribution in [0, 0.1) is 6.92 Å². The highest BCUT2D eigenvalue weighted by Gasteiger charge is 2.30. The Morgan fingerprint density at radius 1 is 1.28 bits per heavy atom. The molecule has 0 aliphatic carbocycles. The van der Waals surface area contributed by atoms with E-state index in [1.807, 2.05) is 18.2 Å². The number of amides is 1. The minimum Gasteiger partial charge on any atom is -0.361 e. The van der Waals surface area contributed by atoms with Crippen molar-refractivity contribution in [2.75, 3.05) is 6.54 Å². The molecule has 0 radical (unpaired) electrons. The zero-order valence-corrected chi connectivity index (χ0v) is 14.2. The van der Waals surface area contributed by atoms with Crippen molar-refractivity contribution in [3.05, 3.63) is 65.1 Å². The van der Waals surface area contributed by atoms with E-state index in [1.54, 1.807) is 17.9 Å². The largest absolute Gasteiger partial charge is 0.361 e. The van der Waals surface area contributed by atoms with Crippen LogP contribution < -0.4 is 0 Å². The Morgan fingerprint density at radius 2 is 2.08 bits per heavy atom. The molecule has 2 aromatic heterocycles. The van der Waals surface area contributed by atoms with E-state index in [9.17, 15) is 4.79 Å². The van der Waals surface area contributed by atoms with Crippen molar-refractivity contribution in [2.45, 2.75) is 32.9 Å². The van der Waals surface area contributed by atoms with Crippen LogP contribution in [0.3, 0.4) is 0 Å². The van der Waals surface area contributed by atoms with Gasteiger partial charge in [-0.15, -0.1) is 10.2 Å². The van der Waals surface area contributed by atoms with Crippen molar-refractivity contribution in [3.63, 3.8) is 0 Å². The lowest BCUT2D eigenvalue weighted by Crippen LogP contribution is -2.41. The lowest BCUT2D eigenvalue weighted by Gasteiger charge is -2.32. The van der Waals surface area contributed by atoms with Gasteiger partial charge in [-0.3, -0.25) is 4.79 Å². The summed E-state index contributed by atoms with van der Waals surface area (Å²) in [6.45, 7) is 4.87. The maximum absolute atomic E-state index is 12.6. The van der Waals surface area contributed by atoms with Crippen LogP contribution in [0.15, 0.2) is 40.9 Å². The summed E-state index contributed by atoms with van der Waals surface area (Å²) < 4.78 is 7.16. The van der Waals surface area contributed by atoms with Crippen molar-refractivity contribution >= 4 is 5.91 Å². The Hall–Kier alpha value is -2.96.